The van der Waals surface area contributed by atoms with Crippen molar-refractivity contribution in [2.24, 2.45) is 11.8 Å². The first-order chi connectivity index (χ1) is 8.66. The van der Waals surface area contributed by atoms with Gasteiger partial charge in [-0.15, -0.1) is 11.3 Å². The molecule has 1 aliphatic rings. The minimum atomic E-state index is 0.159. The number of carbonyl (C=O) groups excluding carboxylic acids is 1. The number of hydrogen-bond acceptors (Lipinski definition) is 3. The summed E-state index contributed by atoms with van der Waals surface area (Å²) in [5.41, 5.74) is 0. The third-order valence-electron chi connectivity index (χ3n) is 3.47. The van der Waals surface area contributed by atoms with Gasteiger partial charge in [-0.3, -0.25) is 4.79 Å². The highest BCUT2D eigenvalue weighted by Crippen LogP contribution is 2.26. The highest BCUT2D eigenvalue weighted by molar-refractivity contribution is 7.10. The summed E-state index contributed by atoms with van der Waals surface area (Å²) in [4.78, 5) is 13.3. The number of carbonyl (C=O) groups is 1. The highest BCUT2D eigenvalue weighted by Gasteiger charge is 2.22. The molecule has 0 spiro atoms. The Morgan fingerprint density at radius 3 is 3.00 bits per heavy atom. The lowest BCUT2D eigenvalue weighted by molar-refractivity contribution is -0.122. The third kappa shape index (κ3) is 3.56. The molecule has 1 saturated heterocycles. The van der Waals surface area contributed by atoms with E-state index in [-0.39, 0.29) is 11.9 Å². The standard InChI is InChI=1S/C14H22N2OS/c1-10(2)14(12-4-3-7-18-12)16-13(17)8-11-5-6-15-9-11/h3-4,7,10-11,14-15H,5-6,8-9H2,1-2H3,(H,16,17). The Hall–Kier alpha value is -0.870. The maximum atomic E-state index is 12.1. The molecule has 18 heavy (non-hydrogen) atoms. The molecular formula is C14H22N2OS. The molecule has 2 rings (SSSR count). The van der Waals surface area contributed by atoms with E-state index in [1.165, 1.54) is 4.88 Å². The van der Waals surface area contributed by atoms with Gasteiger partial charge in [-0.05, 0) is 42.8 Å². The van der Waals surface area contributed by atoms with E-state index in [0.717, 1.165) is 19.5 Å². The molecule has 3 nitrogen and oxygen atoms in total. The number of nitrogens with one attached hydrogen (secondary N) is 2. The van der Waals surface area contributed by atoms with Crippen molar-refractivity contribution in [2.75, 3.05) is 13.1 Å². The largest absolute Gasteiger partial charge is 0.348 e. The van der Waals surface area contributed by atoms with Gasteiger partial charge in [-0.1, -0.05) is 19.9 Å². The number of hydrogen-bond donors (Lipinski definition) is 2. The fourth-order valence-electron chi connectivity index (χ4n) is 2.42. The fraction of sp³-hybridized carbons (Fsp3) is 0.643. The van der Waals surface area contributed by atoms with Crippen molar-refractivity contribution in [3.8, 4) is 0 Å². The molecule has 2 unspecified atom stereocenters. The number of thiophene rings is 1. The van der Waals surface area contributed by atoms with Crippen molar-refractivity contribution in [3.05, 3.63) is 22.4 Å². The van der Waals surface area contributed by atoms with Crippen LogP contribution in [-0.4, -0.2) is 19.0 Å². The maximum absolute atomic E-state index is 12.1. The monoisotopic (exact) mass is 266 g/mol. The molecule has 0 radical (unpaired) electrons. The Kier molecular flexibility index (Phi) is 4.78. The van der Waals surface area contributed by atoms with Crippen LogP contribution in [0.25, 0.3) is 0 Å². The molecule has 1 aliphatic heterocycles. The molecule has 1 amide bonds. The second-order valence-electron chi connectivity index (χ2n) is 5.37. The summed E-state index contributed by atoms with van der Waals surface area (Å²) >= 11 is 1.72. The normalized spacial score (nSPS) is 21.2. The first-order valence-electron chi connectivity index (χ1n) is 6.70. The van der Waals surface area contributed by atoms with Crippen LogP contribution in [0.3, 0.4) is 0 Å². The van der Waals surface area contributed by atoms with Crippen LogP contribution in [0.2, 0.25) is 0 Å². The number of amides is 1. The first-order valence-corrected chi connectivity index (χ1v) is 7.58. The molecular weight excluding hydrogens is 244 g/mol. The van der Waals surface area contributed by atoms with Gasteiger partial charge in [0.1, 0.15) is 0 Å². The predicted molar refractivity (Wildman–Crippen MR) is 75.6 cm³/mol. The van der Waals surface area contributed by atoms with Gasteiger partial charge in [-0.2, -0.15) is 0 Å². The third-order valence-corrected chi connectivity index (χ3v) is 4.42. The minimum absolute atomic E-state index is 0.159. The van der Waals surface area contributed by atoms with Gasteiger partial charge in [0.15, 0.2) is 0 Å². The average Bonchev–Trinajstić information content (AvgIpc) is 2.97. The molecule has 1 aromatic heterocycles. The van der Waals surface area contributed by atoms with Crippen molar-refractivity contribution in [1.29, 1.82) is 0 Å². The van der Waals surface area contributed by atoms with E-state index in [1.54, 1.807) is 11.3 Å². The van der Waals surface area contributed by atoms with Gasteiger partial charge in [0.25, 0.3) is 0 Å². The highest BCUT2D eigenvalue weighted by atomic mass is 32.1. The zero-order valence-corrected chi connectivity index (χ0v) is 11.9. The average molecular weight is 266 g/mol. The van der Waals surface area contributed by atoms with E-state index >= 15 is 0 Å². The Labute approximate surface area is 113 Å². The van der Waals surface area contributed by atoms with Crippen LogP contribution in [0.4, 0.5) is 0 Å². The Morgan fingerprint density at radius 2 is 2.44 bits per heavy atom. The van der Waals surface area contributed by atoms with Crippen LogP contribution in [0, 0.1) is 11.8 Å². The zero-order chi connectivity index (χ0) is 13.0. The fourth-order valence-corrected chi connectivity index (χ4v) is 3.37. The van der Waals surface area contributed by atoms with Crippen LogP contribution >= 0.6 is 11.3 Å². The molecule has 2 atom stereocenters. The molecule has 2 N–H and O–H groups in total. The summed E-state index contributed by atoms with van der Waals surface area (Å²) in [6.45, 7) is 6.35. The Balaban J connectivity index is 1.90. The summed E-state index contributed by atoms with van der Waals surface area (Å²) in [6, 6.07) is 4.31. The van der Waals surface area contributed by atoms with E-state index in [0.29, 0.717) is 18.3 Å². The molecule has 0 aromatic carbocycles. The zero-order valence-electron chi connectivity index (χ0n) is 11.1. The quantitative estimate of drug-likeness (QED) is 0.860. The van der Waals surface area contributed by atoms with Gasteiger partial charge in [0, 0.05) is 11.3 Å². The molecule has 1 aromatic rings. The van der Waals surface area contributed by atoms with E-state index in [1.807, 2.05) is 6.07 Å². The van der Waals surface area contributed by atoms with E-state index < -0.39 is 0 Å². The van der Waals surface area contributed by atoms with Crippen LogP contribution < -0.4 is 10.6 Å². The molecule has 0 saturated carbocycles. The van der Waals surface area contributed by atoms with E-state index in [4.69, 9.17) is 0 Å². The lowest BCUT2D eigenvalue weighted by Crippen LogP contribution is -2.32. The first kappa shape index (κ1) is 13.6. The summed E-state index contributed by atoms with van der Waals surface area (Å²) < 4.78 is 0. The lowest BCUT2D eigenvalue weighted by Gasteiger charge is -2.22. The van der Waals surface area contributed by atoms with Crippen LogP contribution in [-0.2, 0) is 4.79 Å². The van der Waals surface area contributed by atoms with Crippen molar-refractivity contribution >= 4 is 17.2 Å². The minimum Gasteiger partial charge on any atom is -0.348 e. The van der Waals surface area contributed by atoms with Gasteiger partial charge in [-0.25, -0.2) is 0 Å². The molecule has 0 aliphatic carbocycles. The van der Waals surface area contributed by atoms with E-state index in [2.05, 4.69) is 35.9 Å². The summed E-state index contributed by atoms with van der Waals surface area (Å²) in [7, 11) is 0. The molecule has 0 bridgehead atoms. The van der Waals surface area contributed by atoms with E-state index in [9.17, 15) is 4.79 Å². The lowest BCUT2D eigenvalue weighted by atomic mass is 10.0. The maximum Gasteiger partial charge on any atom is 0.220 e. The van der Waals surface area contributed by atoms with Gasteiger partial charge in [0.2, 0.25) is 5.91 Å². The summed E-state index contributed by atoms with van der Waals surface area (Å²) in [5, 5.41) is 8.56. The van der Waals surface area contributed by atoms with Gasteiger partial charge < -0.3 is 10.6 Å². The van der Waals surface area contributed by atoms with Crippen LogP contribution in [0.1, 0.15) is 37.6 Å². The predicted octanol–water partition coefficient (Wildman–Crippen LogP) is 2.56. The second-order valence-corrected chi connectivity index (χ2v) is 6.35. The smallest absolute Gasteiger partial charge is 0.220 e. The number of rotatable bonds is 5. The van der Waals surface area contributed by atoms with Crippen LogP contribution in [0.15, 0.2) is 17.5 Å². The van der Waals surface area contributed by atoms with Crippen molar-refractivity contribution in [1.82, 2.24) is 10.6 Å². The van der Waals surface area contributed by atoms with Crippen molar-refractivity contribution in [3.63, 3.8) is 0 Å². The molecule has 100 valence electrons. The Bertz CT molecular complexity index is 369. The summed E-state index contributed by atoms with van der Waals surface area (Å²) in [5.74, 6) is 1.13. The van der Waals surface area contributed by atoms with Crippen LogP contribution in [0.5, 0.6) is 0 Å². The van der Waals surface area contributed by atoms with Gasteiger partial charge >= 0.3 is 0 Å². The summed E-state index contributed by atoms with van der Waals surface area (Å²) in [6.07, 6.45) is 1.78. The Morgan fingerprint density at radius 1 is 1.61 bits per heavy atom. The molecule has 4 heteroatoms. The van der Waals surface area contributed by atoms with Crippen molar-refractivity contribution < 1.29 is 4.79 Å². The molecule has 2 heterocycles. The molecule has 1 fully saturated rings. The second kappa shape index (κ2) is 6.34. The topological polar surface area (TPSA) is 41.1 Å². The van der Waals surface area contributed by atoms with Crippen molar-refractivity contribution in [2.45, 2.75) is 32.7 Å². The SMILES string of the molecule is CC(C)C(NC(=O)CC1CCNC1)c1cccs1. The van der Waals surface area contributed by atoms with Gasteiger partial charge in [0.05, 0.1) is 6.04 Å².